The van der Waals surface area contributed by atoms with Crippen LogP contribution in [0.2, 0.25) is 5.04 Å². The van der Waals surface area contributed by atoms with Gasteiger partial charge in [-0.25, -0.2) is 8.78 Å². The lowest BCUT2D eigenvalue weighted by atomic mass is 10.00. The Hall–Kier alpha value is -3.15. The van der Waals surface area contributed by atoms with Gasteiger partial charge in [-0.05, 0) is 35.3 Å². The molecule has 0 aliphatic carbocycles. The van der Waals surface area contributed by atoms with Crippen LogP contribution in [0.3, 0.4) is 0 Å². The van der Waals surface area contributed by atoms with Crippen LogP contribution in [-0.2, 0) is 15.8 Å². The number of anilines is 1. The standard InChI is InChI=1S/C31H35F5N2O3Si/c1-20-17-38(18-21(2)41-20)28-22(16-25(26(32)27(28)33)29(37-39)31(34,35)36)19-40-42(30(3,4)5,23-12-8-6-9-13-23)24-14-10-7-11-15-24/h6-16,20-21,29H,17-19H2,1-5H3. The van der Waals surface area contributed by atoms with Crippen molar-refractivity contribution in [3.63, 3.8) is 0 Å². The molecular weight excluding hydrogens is 571 g/mol. The second kappa shape index (κ2) is 12.2. The van der Waals surface area contributed by atoms with Crippen molar-refractivity contribution in [3.05, 3.63) is 94.4 Å². The number of halogens is 5. The Bertz CT molecular complexity index is 1330. The molecule has 1 aliphatic rings. The zero-order valence-corrected chi connectivity index (χ0v) is 25.2. The lowest BCUT2D eigenvalue weighted by Crippen LogP contribution is -2.66. The molecule has 0 spiro atoms. The van der Waals surface area contributed by atoms with Gasteiger partial charge in [0.2, 0.25) is 6.04 Å². The van der Waals surface area contributed by atoms with Gasteiger partial charge in [0.15, 0.2) is 11.6 Å². The SMILES string of the molecule is CC1CN(c2c(CO[Si](c3ccccc3)(c3ccccc3)C(C)(C)C)cc(C(N=O)C(F)(F)F)c(F)c2F)CC(C)O1. The molecule has 0 N–H and O–H groups in total. The monoisotopic (exact) mass is 606 g/mol. The molecule has 3 atom stereocenters. The predicted molar refractivity (Wildman–Crippen MR) is 156 cm³/mol. The molecule has 5 nitrogen and oxygen atoms in total. The summed E-state index contributed by atoms with van der Waals surface area (Å²) < 4.78 is 85.2. The van der Waals surface area contributed by atoms with Crippen molar-refractivity contribution in [2.24, 2.45) is 5.18 Å². The number of ether oxygens (including phenoxy) is 1. The molecule has 0 radical (unpaired) electrons. The summed E-state index contributed by atoms with van der Waals surface area (Å²) in [5, 5.41) is 3.46. The molecule has 0 amide bonds. The van der Waals surface area contributed by atoms with Crippen LogP contribution in [0.15, 0.2) is 71.9 Å². The minimum absolute atomic E-state index is 0.00362. The van der Waals surface area contributed by atoms with E-state index in [-0.39, 0.29) is 43.2 Å². The van der Waals surface area contributed by atoms with Crippen molar-refractivity contribution in [2.75, 3.05) is 18.0 Å². The van der Waals surface area contributed by atoms with Crippen LogP contribution in [0.4, 0.5) is 27.6 Å². The van der Waals surface area contributed by atoms with Crippen LogP contribution >= 0.6 is 0 Å². The summed E-state index contributed by atoms with van der Waals surface area (Å²) in [4.78, 5) is 12.9. The molecule has 11 heteroatoms. The van der Waals surface area contributed by atoms with Gasteiger partial charge in [0.05, 0.1) is 24.5 Å². The van der Waals surface area contributed by atoms with Gasteiger partial charge in [0, 0.05) is 24.2 Å². The quantitative estimate of drug-likeness (QED) is 0.157. The number of rotatable bonds is 8. The van der Waals surface area contributed by atoms with E-state index in [2.05, 4.69) is 5.18 Å². The third-order valence-electron chi connectivity index (χ3n) is 7.59. The largest absolute Gasteiger partial charge is 0.418 e. The minimum atomic E-state index is -5.21. The molecule has 4 rings (SSSR count). The average molecular weight is 607 g/mol. The molecule has 3 unspecified atom stereocenters. The van der Waals surface area contributed by atoms with Gasteiger partial charge in [0.1, 0.15) is 0 Å². The number of nitroso groups, excluding NO2 is 1. The van der Waals surface area contributed by atoms with Crippen molar-refractivity contribution in [1.29, 1.82) is 0 Å². The number of benzene rings is 3. The van der Waals surface area contributed by atoms with Gasteiger partial charge in [-0.1, -0.05) is 86.6 Å². The van der Waals surface area contributed by atoms with E-state index < -0.39 is 42.8 Å². The van der Waals surface area contributed by atoms with E-state index in [1.54, 1.807) is 18.7 Å². The molecular formula is C31H35F5N2O3Si. The van der Waals surface area contributed by atoms with Crippen LogP contribution < -0.4 is 15.3 Å². The van der Waals surface area contributed by atoms with Crippen LogP contribution in [0.25, 0.3) is 0 Å². The number of morpholine rings is 1. The van der Waals surface area contributed by atoms with Gasteiger partial charge in [-0.2, -0.15) is 13.2 Å². The highest BCUT2D eigenvalue weighted by atomic mass is 28.4. The van der Waals surface area contributed by atoms with Crippen molar-refractivity contribution < 1.29 is 31.1 Å². The highest BCUT2D eigenvalue weighted by Crippen LogP contribution is 2.43. The average Bonchev–Trinajstić information content (AvgIpc) is 2.91. The Balaban J connectivity index is 1.94. The smallest absolute Gasteiger partial charge is 0.403 e. The lowest BCUT2D eigenvalue weighted by molar-refractivity contribution is -0.149. The molecule has 1 aliphatic heterocycles. The Morgan fingerprint density at radius 3 is 1.86 bits per heavy atom. The normalized spacial score (nSPS) is 19.0. The Kier molecular flexibility index (Phi) is 9.24. The van der Waals surface area contributed by atoms with Gasteiger partial charge in [0.25, 0.3) is 8.32 Å². The zero-order valence-electron chi connectivity index (χ0n) is 24.2. The zero-order chi connectivity index (χ0) is 30.9. The summed E-state index contributed by atoms with van der Waals surface area (Å²) >= 11 is 0. The third-order valence-corrected chi connectivity index (χ3v) is 12.6. The van der Waals surface area contributed by atoms with Gasteiger partial charge >= 0.3 is 6.18 Å². The van der Waals surface area contributed by atoms with Crippen molar-refractivity contribution >= 4 is 24.4 Å². The molecule has 42 heavy (non-hydrogen) atoms. The highest BCUT2D eigenvalue weighted by Gasteiger charge is 2.51. The van der Waals surface area contributed by atoms with E-state index in [9.17, 15) is 18.1 Å². The molecule has 3 aromatic carbocycles. The van der Waals surface area contributed by atoms with Crippen LogP contribution in [-0.4, -0.2) is 39.8 Å². The fourth-order valence-corrected chi connectivity index (χ4v) is 10.5. The molecule has 1 fully saturated rings. The Labute approximate surface area is 243 Å². The van der Waals surface area contributed by atoms with Crippen molar-refractivity contribution in [3.8, 4) is 0 Å². The third kappa shape index (κ3) is 6.14. The molecule has 3 aromatic rings. The summed E-state index contributed by atoms with van der Waals surface area (Å²) in [5.74, 6) is -3.24. The van der Waals surface area contributed by atoms with Crippen LogP contribution in [0, 0.1) is 16.5 Å². The first-order chi connectivity index (χ1) is 19.7. The van der Waals surface area contributed by atoms with E-state index in [4.69, 9.17) is 9.16 Å². The lowest BCUT2D eigenvalue weighted by Gasteiger charge is -2.43. The van der Waals surface area contributed by atoms with Crippen molar-refractivity contribution in [2.45, 2.75) is 70.7 Å². The molecule has 0 bridgehead atoms. The van der Waals surface area contributed by atoms with Gasteiger partial charge in [-0.15, -0.1) is 4.91 Å². The predicted octanol–water partition coefficient (Wildman–Crippen LogP) is 7.02. The first-order valence-electron chi connectivity index (χ1n) is 13.8. The van der Waals surface area contributed by atoms with Crippen molar-refractivity contribution in [1.82, 2.24) is 0 Å². The molecule has 226 valence electrons. The maximum atomic E-state index is 15.9. The van der Waals surface area contributed by atoms with E-state index in [1.165, 1.54) is 0 Å². The first kappa shape index (κ1) is 31.8. The second-order valence-corrected chi connectivity index (χ2v) is 16.1. The summed E-state index contributed by atoms with van der Waals surface area (Å²) in [6.07, 6.45) is -5.91. The maximum Gasteiger partial charge on any atom is 0.418 e. The summed E-state index contributed by atoms with van der Waals surface area (Å²) in [6.45, 7) is 9.66. The minimum Gasteiger partial charge on any atom is -0.403 e. The second-order valence-electron chi connectivity index (χ2n) is 11.8. The van der Waals surface area contributed by atoms with Crippen LogP contribution in [0.1, 0.15) is 51.8 Å². The summed E-state index contributed by atoms with van der Waals surface area (Å²) in [6, 6.07) is 16.9. The number of alkyl halides is 3. The highest BCUT2D eigenvalue weighted by molar-refractivity contribution is 6.99. The van der Waals surface area contributed by atoms with E-state index in [0.717, 1.165) is 16.4 Å². The molecule has 0 aromatic heterocycles. The maximum absolute atomic E-state index is 15.9. The topological polar surface area (TPSA) is 51.1 Å². The number of hydrogen-bond acceptors (Lipinski definition) is 5. The number of hydrogen-bond donors (Lipinski definition) is 0. The van der Waals surface area contributed by atoms with Gasteiger partial charge < -0.3 is 14.1 Å². The van der Waals surface area contributed by atoms with E-state index >= 15 is 8.78 Å². The van der Waals surface area contributed by atoms with Crippen LogP contribution in [0.5, 0.6) is 0 Å². The van der Waals surface area contributed by atoms with Gasteiger partial charge in [-0.3, -0.25) is 0 Å². The number of nitrogens with zero attached hydrogens (tertiary/aromatic N) is 2. The Morgan fingerprint density at radius 1 is 0.929 bits per heavy atom. The molecule has 1 heterocycles. The molecule has 1 saturated heterocycles. The van der Waals surface area contributed by atoms with E-state index in [0.29, 0.717) is 0 Å². The fraction of sp³-hybridized carbons (Fsp3) is 0.419. The molecule has 0 saturated carbocycles. The first-order valence-corrected chi connectivity index (χ1v) is 15.7. The summed E-state index contributed by atoms with van der Waals surface area (Å²) in [5.41, 5.74) is -1.38. The van der Waals surface area contributed by atoms with E-state index in [1.807, 2.05) is 81.4 Å². The summed E-state index contributed by atoms with van der Waals surface area (Å²) in [7, 11) is -3.22. The Morgan fingerprint density at radius 2 is 1.43 bits per heavy atom. The fourth-order valence-electron chi connectivity index (χ4n) is 5.94.